The summed E-state index contributed by atoms with van der Waals surface area (Å²) < 4.78 is 7.47. The fraction of sp³-hybridized carbons (Fsp3) is 0.643. The standard InChI is InChI=1S/C14H20Br2N2O2S/c1-14(2,3)20-13(19)18-9-4-8(5-9)17-7-10-6-11(15)12(16)21-10/h6,8-9,17H,4-5,7H2,1-3H3,(H,18,19). The van der Waals surface area contributed by atoms with Crippen molar-refractivity contribution in [3.63, 3.8) is 0 Å². The number of thiophene rings is 1. The molecule has 0 bridgehead atoms. The van der Waals surface area contributed by atoms with Crippen LogP contribution in [0.1, 0.15) is 38.5 Å². The lowest BCUT2D eigenvalue weighted by Crippen LogP contribution is -2.52. The zero-order valence-corrected chi connectivity index (χ0v) is 16.3. The summed E-state index contributed by atoms with van der Waals surface area (Å²) in [7, 11) is 0. The molecule has 1 aromatic heterocycles. The topological polar surface area (TPSA) is 50.4 Å². The summed E-state index contributed by atoms with van der Waals surface area (Å²) in [6.45, 7) is 6.47. The molecule has 0 aromatic carbocycles. The molecule has 7 heteroatoms. The molecule has 0 radical (unpaired) electrons. The minimum Gasteiger partial charge on any atom is -0.444 e. The molecular weight excluding hydrogens is 420 g/mol. The minimum atomic E-state index is -0.439. The van der Waals surface area contributed by atoms with E-state index in [0.29, 0.717) is 6.04 Å². The lowest BCUT2D eigenvalue weighted by atomic mass is 9.87. The number of carbonyl (C=O) groups is 1. The van der Waals surface area contributed by atoms with Gasteiger partial charge in [-0.2, -0.15) is 0 Å². The summed E-state index contributed by atoms with van der Waals surface area (Å²) in [5.41, 5.74) is -0.439. The number of amides is 1. The van der Waals surface area contributed by atoms with Crippen molar-refractivity contribution in [2.75, 3.05) is 0 Å². The lowest BCUT2D eigenvalue weighted by Gasteiger charge is -2.36. The SMILES string of the molecule is CC(C)(C)OC(=O)NC1CC(NCc2cc(Br)c(Br)s2)C1. The molecule has 4 nitrogen and oxygen atoms in total. The van der Waals surface area contributed by atoms with Crippen LogP contribution in [0.4, 0.5) is 4.79 Å². The van der Waals surface area contributed by atoms with Crippen LogP contribution < -0.4 is 10.6 Å². The van der Waals surface area contributed by atoms with Crippen molar-refractivity contribution in [1.29, 1.82) is 0 Å². The first-order chi connectivity index (χ1) is 9.73. The third-order valence-corrected chi connectivity index (χ3v) is 6.38. The number of carbonyl (C=O) groups excluding carboxylic acids is 1. The smallest absolute Gasteiger partial charge is 0.407 e. The summed E-state index contributed by atoms with van der Waals surface area (Å²) in [5, 5.41) is 6.40. The maximum atomic E-state index is 11.6. The van der Waals surface area contributed by atoms with E-state index in [0.717, 1.165) is 27.6 Å². The molecule has 2 rings (SSSR count). The van der Waals surface area contributed by atoms with Crippen molar-refractivity contribution >= 4 is 49.3 Å². The first-order valence-electron chi connectivity index (χ1n) is 6.89. The van der Waals surface area contributed by atoms with Gasteiger partial charge < -0.3 is 15.4 Å². The number of alkyl carbamates (subject to hydrolysis) is 1. The van der Waals surface area contributed by atoms with Crippen LogP contribution in [0.5, 0.6) is 0 Å². The van der Waals surface area contributed by atoms with Crippen molar-refractivity contribution in [3.05, 3.63) is 19.2 Å². The summed E-state index contributed by atoms with van der Waals surface area (Å²) in [6.07, 6.45) is 1.58. The van der Waals surface area contributed by atoms with Gasteiger partial charge in [0.15, 0.2) is 0 Å². The van der Waals surface area contributed by atoms with Gasteiger partial charge in [-0.05, 0) is 71.5 Å². The van der Waals surface area contributed by atoms with E-state index in [4.69, 9.17) is 4.74 Å². The maximum Gasteiger partial charge on any atom is 0.407 e. The molecule has 118 valence electrons. The number of nitrogens with one attached hydrogen (secondary N) is 2. The van der Waals surface area contributed by atoms with Crippen LogP contribution in [0.3, 0.4) is 0 Å². The number of rotatable bonds is 4. The molecule has 1 aliphatic carbocycles. The first kappa shape index (κ1) is 17.2. The summed E-state index contributed by atoms with van der Waals surface area (Å²) >= 11 is 8.71. The molecule has 0 saturated heterocycles. The molecule has 0 unspecified atom stereocenters. The number of hydrogen-bond acceptors (Lipinski definition) is 4. The highest BCUT2D eigenvalue weighted by atomic mass is 79.9. The Morgan fingerprint density at radius 1 is 1.38 bits per heavy atom. The maximum absolute atomic E-state index is 11.6. The monoisotopic (exact) mass is 438 g/mol. The average molecular weight is 440 g/mol. The van der Waals surface area contributed by atoms with E-state index in [9.17, 15) is 4.79 Å². The van der Waals surface area contributed by atoms with Crippen LogP contribution in [-0.2, 0) is 11.3 Å². The Hall–Kier alpha value is -0.110. The van der Waals surface area contributed by atoms with Gasteiger partial charge in [-0.25, -0.2) is 4.79 Å². The van der Waals surface area contributed by atoms with Crippen LogP contribution in [0.15, 0.2) is 14.3 Å². The number of hydrogen-bond donors (Lipinski definition) is 2. The molecule has 1 aromatic rings. The highest BCUT2D eigenvalue weighted by Crippen LogP contribution is 2.32. The van der Waals surface area contributed by atoms with E-state index in [1.807, 2.05) is 20.8 Å². The van der Waals surface area contributed by atoms with Gasteiger partial charge in [-0.3, -0.25) is 0 Å². The normalized spacial score (nSPS) is 21.8. The van der Waals surface area contributed by atoms with Crippen molar-refractivity contribution < 1.29 is 9.53 Å². The Kier molecular flexibility index (Phi) is 5.73. The fourth-order valence-corrected chi connectivity index (χ4v) is 4.23. The van der Waals surface area contributed by atoms with Gasteiger partial charge in [0.05, 0.1) is 3.79 Å². The van der Waals surface area contributed by atoms with Gasteiger partial charge in [0.2, 0.25) is 0 Å². The second-order valence-corrected chi connectivity index (χ2v) is 9.54. The van der Waals surface area contributed by atoms with Gasteiger partial charge in [0, 0.05) is 28.0 Å². The second-order valence-electron chi connectivity index (χ2n) is 6.23. The zero-order chi connectivity index (χ0) is 15.6. The molecule has 0 spiro atoms. The third kappa shape index (κ3) is 5.54. The summed E-state index contributed by atoms with van der Waals surface area (Å²) in [4.78, 5) is 12.9. The van der Waals surface area contributed by atoms with Gasteiger partial charge in [-0.15, -0.1) is 11.3 Å². The summed E-state index contributed by atoms with van der Waals surface area (Å²) in [6, 6.07) is 2.81. The molecule has 0 atom stereocenters. The molecule has 1 fully saturated rings. The number of halogens is 2. The van der Waals surface area contributed by atoms with Crippen molar-refractivity contribution in [3.8, 4) is 0 Å². The van der Waals surface area contributed by atoms with Gasteiger partial charge in [0.25, 0.3) is 0 Å². The Labute approximate surface area is 146 Å². The average Bonchev–Trinajstić information content (AvgIpc) is 2.59. The lowest BCUT2D eigenvalue weighted by molar-refractivity contribution is 0.0465. The van der Waals surface area contributed by atoms with E-state index < -0.39 is 5.60 Å². The molecular formula is C14H20Br2N2O2S. The van der Waals surface area contributed by atoms with Crippen LogP contribution in [0.25, 0.3) is 0 Å². The molecule has 1 saturated carbocycles. The van der Waals surface area contributed by atoms with E-state index >= 15 is 0 Å². The van der Waals surface area contributed by atoms with E-state index in [-0.39, 0.29) is 12.1 Å². The molecule has 1 amide bonds. The highest BCUT2D eigenvalue weighted by molar-refractivity contribution is 9.13. The van der Waals surface area contributed by atoms with Crippen LogP contribution in [0.2, 0.25) is 0 Å². The van der Waals surface area contributed by atoms with Crippen LogP contribution in [-0.4, -0.2) is 23.8 Å². The van der Waals surface area contributed by atoms with Gasteiger partial charge in [-0.1, -0.05) is 0 Å². The zero-order valence-electron chi connectivity index (χ0n) is 12.3. The fourth-order valence-electron chi connectivity index (χ4n) is 2.10. The molecule has 21 heavy (non-hydrogen) atoms. The molecule has 0 aliphatic heterocycles. The largest absolute Gasteiger partial charge is 0.444 e. The quantitative estimate of drug-likeness (QED) is 0.729. The van der Waals surface area contributed by atoms with Gasteiger partial charge >= 0.3 is 6.09 Å². The van der Waals surface area contributed by atoms with Crippen LogP contribution >= 0.6 is 43.2 Å². The van der Waals surface area contributed by atoms with Crippen molar-refractivity contribution in [2.45, 2.75) is 57.8 Å². The van der Waals surface area contributed by atoms with Crippen molar-refractivity contribution in [2.24, 2.45) is 0 Å². The molecule has 1 heterocycles. The van der Waals surface area contributed by atoms with Crippen molar-refractivity contribution in [1.82, 2.24) is 10.6 Å². The molecule has 2 N–H and O–H groups in total. The predicted molar refractivity (Wildman–Crippen MR) is 92.7 cm³/mol. The molecule has 1 aliphatic rings. The Balaban J connectivity index is 1.64. The Morgan fingerprint density at radius 3 is 2.57 bits per heavy atom. The van der Waals surface area contributed by atoms with Gasteiger partial charge in [0.1, 0.15) is 5.60 Å². The Morgan fingerprint density at radius 2 is 2.05 bits per heavy atom. The number of ether oxygens (including phenoxy) is 1. The third-order valence-electron chi connectivity index (χ3n) is 3.12. The van der Waals surface area contributed by atoms with Crippen LogP contribution in [0, 0.1) is 0 Å². The summed E-state index contributed by atoms with van der Waals surface area (Å²) in [5.74, 6) is 0. The van der Waals surface area contributed by atoms with E-state index in [2.05, 4.69) is 48.6 Å². The van der Waals surface area contributed by atoms with E-state index in [1.54, 1.807) is 11.3 Å². The highest BCUT2D eigenvalue weighted by Gasteiger charge is 2.31. The predicted octanol–water partition coefficient (Wildman–Crippen LogP) is 4.42. The minimum absolute atomic E-state index is 0.221. The Bertz CT molecular complexity index is 488. The van der Waals surface area contributed by atoms with E-state index in [1.165, 1.54) is 4.88 Å². The second kappa shape index (κ2) is 6.98. The first-order valence-corrected chi connectivity index (χ1v) is 9.30.